The van der Waals surface area contributed by atoms with Crippen molar-refractivity contribution in [3.8, 4) is 5.75 Å². The molecule has 0 saturated carbocycles. The normalized spacial score (nSPS) is 11.5. The minimum atomic E-state index is -4.59. The summed E-state index contributed by atoms with van der Waals surface area (Å²) in [5.74, 6) is 0.718. The molecule has 0 amide bonds. The van der Waals surface area contributed by atoms with Crippen LogP contribution in [0.5, 0.6) is 5.75 Å². The molecule has 0 saturated heterocycles. The SMILES string of the molecule is CCCCOc1ccc(Nc2ncc(C(F)(F)F)c(Nc3cccc(C(C)C)c3)n2)cc1. The fourth-order valence-electron chi connectivity index (χ4n) is 2.96. The minimum absolute atomic E-state index is 0.0557. The average molecular weight is 445 g/mol. The zero-order chi connectivity index (χ0) is 23.1. The Balaban J connectivity index is 1.82. The Morgan fingerprint density at radius 2 is 1.75 bits per heavy atom. The quantitative estimate of drug-likeness (QED) is 0.340. The van der Waals surface area contributed by atoms with Crippen LogP contribution in [0.3, 0.4) is 0 Å². The molecule has 2 aromatic carbocycles. The lowest BCUT2D eigenvalue weighted by atomic mass is 10.0. The van der Waals surface area contributed by atoms with Crippen LogP contribution in [0.15, 0.2) is 54.7 Å². The number of nitrogens with one attached hydrogen (secondary N) is 2. The second-order valence-electron chi connectivity index (χ2n) is 7.71. The zero-order valence-electron chi connectivity index (χ0n) is 18.3. The van der Waals surface area contributed by atoms with Gasteiger partial charge < -0.3 is 15.4 Å². The molecule has 0 spiro atoms. The fraction of sp³-hybridized carbons (Fsp3) is 0.333. The highest BCUT2D eigenvalue weighted by Gasteiger charge is 2.35. The predicted octanol–water partition coefficient (Wildman–Crippen LogP) is 7.28. The zero-order valence-corrected chi connectivity index (χ0v) is 18.3. The van der Waals surface area contributed by atoms with E-state index in [1.165, 1.54) is 0 Å². The molecule has 32 heavy (non-hydrogen) atoms. The number of unbranched alkanes of at least 4 members (excludes halogenated alkanes) is 1. The Bertz CT molecular complexity index is 1020. The highest BCUT2D eigenvalue weighted by molar-refractivity contribution is 5.63. The number of benzene rings is 2. The summed E-state index contributed by atoms with van der Waals surface area (Å²) in [7, 11) is 0. The van der Waals surface area contributed by atoms with E-state index >= 15 is 0 Å². The summed E-state index contributed by atoms with van der Waals surface area (Å²) in [6, 6.07) is 14.4. The molecular formula is C24H27F3N4O. The Kier molecular flexibility index (Phi) is 7.56. The van der Waals surface area contributed by atoms with Gasteiger partial charge in [-0.2, -0.15) is 18.2 Å². The molecule has 3 aromatic rings. The van der Waals surface area contributed by atoms with E-state index in [2.05, 4.69) is 27.5 Å². The largest absolute Gasteiger partial charge is 0.494 e. The Morgan fingerprint density at radius 1 is 1.00 bits per heavy atom. The maximum absolute atomic E-state index is 13.5. The Morgan fingerprint density at radius 3 is 2.41 bits per heavy atom. The summed E-state index contributed by atoms with van der Waals surface area (Å²) in [4.78, 5) is 7.96. The van der Waals surface area contributed by atoms with Crippen molar-refractivity contribution < 1.29 is 17.9 Å². The lowest BCUT2D eigenvalue weighted by Crippen LogP contribution is -2.12. The first-order chi connectivity index (χ1) is 15.3. The summed E-state index contributed by atoms with van der Waals surface area (Å²) in [6.07, 6.45) is -1.79. The first kappa shape index (κ1) is 23.4. The van der Waals surface area contributed by atoms with E-state index in [4.69, 9.17) is 4.74 Å². The standard InChI is InChI=1S/C24H27F3N4O/c1-4-5-13-32-20-11-9-18(10-12-20)30-23-28-15-21(24(25,26)27)22(31-23)29-19-8-6-7-17(14-19)16(2)3/h6-12,14-16H,4-5,13H2,1-3H3,(H2,28,29,30,31). The number of halogens is 3. The molecule has 2 N–H and O–H groups in total. The van der Waals surface area contributed by atoms with Gasteiger partial charge in [-0.25, -0.2) is 4.98 Å². The molecule has 1 aromatic heterocycles. The van der Waals surface area contributed by atoms with Crippen LogP contribution >= 0.6 is 0 Å². The van der Waals surface area contributed by atoms with Gasteiger partial charge in [-0.1, -0.05) is 39.3 Å². The monoisotopic (exact) mass is 444 g/mol. The van der Waals surface area contributed by atoms with Crippen molar-refractivity contribution in [2.24, 2.45) is 0 Å². The van der Waals surface area contributed by atoms with E-state index in [9.17, 15) is 13.2 Å². The van der Waals surface area contributed by atoms with Gasteiger partial charge in [0, 0.05) is 17.6 Å². The number of ether oxygens (including phenoxy) is 1. The van der Waals surface area contributed by atoms with Crippen LogP contribution in [0, 0.1) is 0 Å². The van der Waals surface area contributed by atoms with Gasteiger partial charge in [-0.05, 0) is 54.3 Å². The maximum atomic E-state index is 13.5. The van der Waals surface area contributed by atoms with E-state index in [1.807, 2.05) is 26.0 Å². The fourth-order valence-corrected chi connectivity index (χ4v) is 2.96. The van der Waals surface area contributed by atoms with Crippen LogP contribution in [0.1, 0.15) is 50.7 Å². The van der Waals surface area contributed by atoms with Crippen molar-refractivity contribution in [3.63, 3.8) is 0 Å². The van der Waals surface area contributed by atoms with Gasteiger partial charge in [0.15, 0.2) is 0 Å². The topological polar surface area (TPSA) is 59.1 Å². The summed E-state index contributed by atoms with van der Waals surface area (Å²) in [5, 5.41) is 5.75. The van der Waals surface area contributed by atoms with Crippen molar-refractivity contribution in [2.75, 3.05) is 17.2 Å². The van der Waals surface area contributed by atoms with Crippen LogP contribution in [-0.4, -0.2) is 16.6 Å². The number of nitrogens with zero attached hydrogens (tertiary/aromatic N) is 2. The molecular weight excluding hydrogens is 417 g/mol. The number of rotatable bonds is 9. The van der Waals surface area contributed by atoms with Crippen molar-refractivity contribution in [3.05, 3.63) is 65.9 Å². The smallest absolute Gasteiger partial charge is 0.421 e. The number of alkyl halides is 3. The molecule has 3 rings (SSSR count). The van der Waals surface area contributed by atoms with E-state index in [0.29, 0.717) is 18.0 Å². The van der Waals surface area contributed by atoms with Crippen LogP contribution in [-0.2, 0) is 6.18 Å². The molecule has 0 fully saturated rings. The van der Waals surface area contributed by atoms with E-state index in [-0.39, 0.29) is 17.7 Å². The first-order valence-corrected chi connectivity index (χ1v) is 10.6. The summed E-state index contributed by atoms with van der Waals surface area (Å²) >= 11 is 0. The van der Waals surface area contributed by atoms with Gasteiger partial charge in [0.25, 0.3) is 0 Å². The number of aromatic nitrogens is 2. The third-order valence-corrected chi connectivity index (χ3v) is 4.79. The van der Waals surface area contributed by atoms with Gasteiger partial charge in [0.1, 0.15) is 17.1 Å². The van der Waals surface area contributed by atoms with Gasteiger partial charge in [-0.15, -0.1) is 0 Å². The van der Waals surface area contributed by atoms with Crippen LogP contribution in [0.2, 0.25) is 0 Å². The molecule has 0 atom stereocenters. The third kappa shape index (κ3) is 6.35. The van der Waals surface area contributed by atoms with Gasteiger partial charge in [0.2, 0.25) is 5.95 Å². The second-order valence-corrected chi connectivity index (χ2v) is 7.71. The van der Waals surface area contributed by atoms with Crippen LogP contribution < -0.4 is 15.4 Å². The number of anilines is 4. The molecule has 0 bridgehead atoms. The molecule has 170 valence electrons. The highest BCUT2D eigenvalue weighted by Crippen LogP contribution is 2.35. The second kappa shape index (κ2) is 10.3. The summed E-state index contributed by atoms with van der Waals surface area (Å²) < 4.78 is 46.2. The predicted molar refractivity (Wildman–Crippen MR) is 121 cm³/mol. The van der Waals surface area contributed by atoms with Gasteiger partial charge in [-0.3, -0.25) is 0 Å². The van der Waals surface area contributed by atoms with Crippen molar-refractivity contribution in [2.45, 2.75) is 45.7 Å². The highest BCUT2D eigenvalue weighted by atomic mass is 19.4. The lowest BCUT2D eigenvalue weighted by Gasteiger charge is -2.16. The van der Waals surface area contributed by atoms with E-state index in [1.54, 1.807) is 36.4 Å². The van der Waals surface area contributed by atoms with Crippen molar-refractivity contribution in [1.29, 1.82) is 0 Å². The third-order valence-electron chi connectivity index (χ3n) is 4.79. The number of hydrogen-bond acceptors (Lipinski definition) is 5. The molecule has 0 aliphatic rings. The molecule has 0 aliphatic carbocycles. The van der Waals surface area contributed by atoms with Crippen molar-refractivity contribution >= 4 is 23.1 Å². The average Bonchev–Trinajstić information content (AvgIpc) is 2.75. The molecule has 0 unspecified atom stereocenters. The minimum Gasteiger partial charge on any atom is -0.494 e. The Labute approximate surface area is 186 Å². The van der Waals surface area contributed by atoms with Crippen molar-refractivity contribution in [1.82, 2.24) is 9.97 Å². The Hall–Kier alpha value is -3.29. The molecule has 8 heteroatoms. The van der Waals surface area contributed by atoms with E-state index in [0.717, 1.165) is 30.4 Å². The molecule has 5 nitrogen and oxygen atoms in total. The summed E-state index contributed by atoms with van der Waals surface area (Å²) in [5.41, 5.74) is 1.25. The van der Waals surface area contributed by atoms with Gasteiger partial charge >= 0.3 is 6.18 Å². The molecule has 0 aliphatic heterocycles. The lowest BCUT2D eigenvalue weighted by molar-refractivity contribution is -0.137. The van der Waals surface area contributed by atoms with Crippen LogP contribution in [0.4, 0.5) is 36.3 Å². The van der Waals surface area contributed by atoms with Gasteiger partial charge in [0.05, 0.1) is 6.61 Å². The maximum Gasteiger partial charge on any atom is 0.421 e. The molecule has 0 radical (unpaired) electrons. The van der Waals surface area contributed by atoms with E-state index < -0.39 is 11.7 Å². The summed E-state index contributed by atoms with van der Waals surface area (Å²) in [6.45, 7) is 6.77. The molecule has 1 heterocycles. The first-order valence-electron chi connectivity index (χ1n) is 10.6. The van der Waals surface area contributed by atoms with Crippen LogP contribution in [0.25, 0.3) is 0 Å². The number of hydrogen-bond donors (Lipinski definition) is 2.